The normalized spacial score (nSPS) is 43.8. The van der Waals surface area contributed by atoms with Crippen molar-refractivity contribution in [2.45, 2.75) is 30.8 Å². The van der Waals surface area contributed by atoms with Gasteiger partial charge in [-0.1, -0.05) is 0 Å². The van der Waals surface area contributed by atoms with Gasteiger partial charge in [0.1, 0.15) is 0 Å². The van der Waals surface area contributed by atoms with Gasteiger partial charge in [-0.3, -0.25) is 0 Å². The fraction of sp³-hybridized carbons (Fsp3) is 1.00. The van der Waals surface area contributed by atoms with Gasteiger partial charge in [-0.15, -0.1) is 0 Å². The average molecular weight is 226 g/mol. The van der Waals surface area contributed by atoms with E-state index >= 15 is 0 Å². The number of hydrogen-bond donors (Lipinski definition) is 1. The van der Waals surface area contributed by atoms with E-state index in [1.54, 1.807) is 0 Å². The molecule has 0 spiro atoms. The minimum atomic E-state index is -3.20. The maximum absolute atomic E-state index is 12.6. The molecule has 0 aromatic carbocycles. The van der Waals surface area contributed by atoms with Crippen molar-refractivity contribution in [3.8, 4) is 0 Å². The molecule has 2 fully saturated rings. The molecule has 0 amide bonds. The number of aliphatic hydroxyl groups is 1. The minimum absolute atomic E-state index is 0.0816. The highest BCUT2D eigenvalue weighted by atomic mass is 32.2. The van der Waals surface area contributed by atoms with Crippen LogP contribution in [0.5, 0.6) is 0 Å². The standard InChI is InChI=1S/C8H12F2O3S/c9-8(10)4-6(8)3-7(11)1-2-14(12,13)5-7/h6,11H,1-5H2. The number of halogens is 2. The molecule has 6 heteroatoms. The minimum Gasteiger partial charge on any atom is -0.389 e. The Morgan fingerprint density at radius 3 is 2.36 bits per heavy atom. The van der Waals surface area contributed by atoms with Crippen LogP contribution in [-0.4, -0.2) is 36.6 Å². The van der Waals surface area contributed by atoms with Crippen LogP contribution in [0, 0.1) is 5.92 Å². The zero-order chi connectivity index (χ0) is 10.6. The molecule has 2 rings (SSSR count). The van der Waals surface area contributed by atoms with Crippen LogP contribution in [0.2, 0.25) is 0 Å². The van der Waals surface area contributed by atoms with Gasteiger partial charge in [-0.25, -0.2) is 17.2 Å². The molecule has 1 aliphatic carbocycles. The summed E-state index contributed by atoms with van der Waals surface area (Å²) in [5.41, 5.74) is -1.40. The molecular formula is C8H12F2O3S. The van der Waals surface area contributed by atoms with E-state index in [1.807, 2.05) is 0 Å². The van der Waals surface area contributed by atoms with E-state index in [1.165, 1.54) is 0 Å². The summed E-state index contributed by atoms with van der Waals surface area (Å²) in [6.45, 7) is 0. The maximum atomic E-state index is 12.6. The van der Waals surface area contributed by atoms with Gasteiger partial charge in [0, 0.05) is 12.3 Å². The highest BCUT2D eigenvalue weighted by molar-refractivity contribution is 7.91. The topological polar surface area (TPSA) is 54.4 Å². The first-order valence-electron chi connectivity index (χ1n) is 4.53. The number of sulfone groups is 1. The van der Waals surface area contributed by atoms with E-state index in [-0.39, 0.29) is 30.8 Å². The van der Waals surface area contributed by atoms with E-state index in [0.29, 0.717) is 0 Å². The Kier molecular flexibility index (Phi) is 1.96. The zero-order valence-corrected chi connectivity index (χ0v) is 8.36. The highest BCUT2D eigenvalue weighted by Crippen LogP contribution is 2.53. The number of hydrogen-bond acceptors (Lipinski definition) is 3. The Morgan fingerprint density at radius 2 is 2.00 bits per heavy atom. The lowest BCUT2D eigenvalue weighted by Gasteiger charge is -2.19. The molecular weight excluding hydrogens is 214 g/mol. The molecule has 1 saturated heterocycles. The SMILES string of the molecule is O=S1(=O)CCC(O)(CC2CC2(F)F)C1. The van der Waals surface area contributed by atoms with Gasteiger partial charge in [0.2, 0.25) is 0 Å². The van der Waals surface area contributed by atoms with Crippen molar-refractivity contribution in [2.24, 2.45) is 5.92 Å². The first-order chi connectivity index (χ1) is 6.23. The summed E-state index contributed by atoms with van der Waals surface area (Å²) in [7, 11) is -3.20. The molecule has 0 aromatic heterocycles. The zero-order valence-electron chi connectivity index (χ0n) is 7.54. The quantitative estimate of drug-likeness (QED) is 0.749. The highest BCUT2D eigenvalue weighted by Gasteiger charge is 2.60. The Balaban J connectivity index is 1.99. The smallest absolute Gasteiger partial charge is 0.251 e. The van der Waals surface area contributed by atoms with Crippen molar-refractivity contribution in [1.29, 1.82) is 0 Å². The third-order valence-corrected chi connectivity index (χ3v) is 4.75. The fourth-order valence-corrected chi connectivity index (χ4v) is 3.93. The molecule has 3 nitrogen and oxygen atoms in total. The van der Waals surface area contributed by atoms with Crippen molar-refractivity contribution >= 4 is 9.84 Å². The second-order valence-electron chi connectivity index (χ2n) is 4.43. The lowest BCUT2D eigenvalue weighted by molar-refractivity contribution is 0.0268. The molecule has 0 aromatic rings. The lowest BCUT2D eigenvalue weighted by Crippen LogP contribution is -2.31. The summed E-state index contributed by atoms with van der Waals surface area (Å²) in [6, 6.07) is 0. The molecule has 1 saturated carbocycles. The molecule has 0 bridgehead atoms. The predicted molar refractivity (Wildman–Crippen MR) is 45.9 cm³/mol. The maximum Gasteiger partial charge on any atom is 0.251 e. The lowest BCUT2D eigenvalue weighted by atomic mass is 9.96. The average Bonchev–Trinajstić information content (AvgIpc) is 2.41. The molecule has 14 heavy (non-hydrogen) atoms. The molecule has 2 atom stereocenters. The second-order valence-corrected chi connectivity index (χ2v) is 6.62. The Morgan fingerprint density at radius 1 is 1.43 bits per heavy atom. The van der Waals surface area contributed by atoms with Crippen LogP contribution < -0.4 is 0 Å². The molecule has 1 aliphatic heterocycles. The van der Waals surface area contributed by atoms with E-state index < -0.39 is 27.3 Å². The monoisotopic (exact) mass is 226 g/mol. The van der Waals surface area contributed by atoms with Crippen molar-refractivity contribution in [2.75, 3.05) is 11.5 Å². The fourth-order valence-electron chi connectivity index (χ4n) is 2.01. The molecule has 2 aliphatic rings. The van der Waals surface area contributed by atoms with Crippen LogP contribution >= 0.6 is 0 Å². The van der Waals surface area contributed by atoms with Crippen molar-refractivity contribution in [3.63, 3.8) is 0 Å². The molecule has 1 heterocycles. The van der Waals surface area contributed by atoms with Crippen molar-refractivity contribution in [3.05, 3.63) is 0 Å². The van der Waals surface area contributed by atoms with Gasteiger partial charge in [-0.2, -0.15) is 0 Å². The Bertz CT molecular complexity index is 352. The summed E-state index contributed by atoms with van der Waals surface area (Å²) < 4.78 is 47.2. The summed E-state index contributed by atoms with van der Waals surface area (Å²) >= 11 is 0. The summed E-state index contributed by atoms with van der Waals surface area (Å²) in [5.74, 6) is -3.93. The Labute approximate surface area is 81.0 Å². The molecule has 0 radical (unpaired) electrons. The molecule has 82 valence electrons. The van der Waals surface area contributed by atoms with Crippen LogP contribution in [-0.2, 0) is 9.84 Å². The summed E-state index contributed by atoms with van der Waals surface area (Å²) in [5, 5.41) is 9.76. The Hall–Kier alpha value is -0.230. The summed E-state index contributed by atoms with van der Waals surface area (Å²) in [4.78, 5) is 0. The van der Waals surface area contributed by atoms with Gasteiger partial charge in [-0.05, 0) is 12.8 Å². The van der Waals surface area contributed by atoms with Crippen molar-refractivity contribution < 1.29 is 22.3 Å². The van der Waals surface area contributed by atoms with Crippen LogP contribution in [0.3, 0.4) is 0 Å². The first-order valence-corrected chi connectivity index (χ1v) is 6.35. The van der Waals surface area contributed by atoms with E-state index in [0.717, 1.165) is 0 Å². The van der Waals surface area contributed by atoms with Crippen LogP contribution in [0.4, 0.5) is 8.78 Å². The number of alkyl halides is 2. The second kappa shape index (κ2) is 2.66. The van der Waals surface area contributed by atoms with Gasteiger partial charge >= 0.3 is 0 Å². The van der Waals surface area contributed by atoms with Crippen LogP contribution in [0.1, 0.15) is 19.3 Å². The van der Waals surface area contributed by atoms with Crippen LogP contribution in [0.25, 0.3) is 0 Å². The van der Waals surface area contributed by atoms with Gasteiger partial charge in [0.15, 0.2) is 9.84 Å². The van der Waals surface area contributed by atoms with Gasteiger partial charge in [0.25, 0.3) is 5.92 Å². The van der Waals surface area contributed by atoms with Crippen LogP contribution in [0.15, 0.2) is 0 Å². The van der Waals surface area contributed by atoms with Gasteiger partial charge < -0.3 is 5.11 Å². The number of rotatable bonds is 2. The molecule has 2 unspecified atom stereocenters. The van der Waals surface area contributed by atoms with E-state index in [9.17, 15) is 22.3 Å². The third-order valence-electron chi connectivity index (χ3n) is 2.95. The first kappa shape index (κ1) is 10.3. The largest absolute Gasteiger partial charge is 0.389 e. The third kappa shape index (κ3) is 1.91. The van der Waals surface area contributed by atoms with E-state index in [4.69, 9.17) is 0 Å². The summed E-state index contributed by atoms with van der Waals surface area (Å²) in [6.07, 6.45) is -0.198. The molecule has 1 N–H and O–H groups in total. The predicted octanol–water partition coefficient (Wildman–Crippen LogP) is 0.581. The van der Waals surface area contributed by atoms with E-state index in [2.05, 4.69) is 0 Å². The van der Waals surface area contributed by atoms with Gasteiger partial charge in [0.05, 0.1) is 17.1 Å². The van der Waals surface area contributed by atoms with Crippen molar-refractivity contribution in [1.82, 2.24) is 0 Å².